The van der Waals surface area contributed by atoms with Gasteiger partial charge in [-0.15, -0.1) is 10.2 Å². The molecule has 0 unspecified atom stereocenters. The number of thioether (sulfide) groups is 1. The van der Waals surface area contributed by atoms with Crippen LogP contribution in [-0.4, -0.2) is 35.5 Å². The number of rotatable bonds is 5. The van der Waals surface area contributed by atoms with E-state index in [2.05, 4.69) is 25.8 Å². The number of hydrogen-bond acceptors (Lipinski definition) is 6. The summed E-state index contributed by atoms with van der Waals surface area (Å²) in [6.45, 7) is 0.771. The largest absolute Gasteiger partial charge is 0.356 e. The number of aromatic nitrogens is 2. The lowest BCUT2D eigenvalue weighted by atomic mass is 10.5. The quantitative estimate of drug-likeness (QED) is 0.201. The summed E-state index contributed by atoms with van der Waals surface area (Å²) in [5.74, 6) is 1.47. The number of aliphatic imine (C=N–C) groups is 1. The molecule has 86 valence electrons. The summed E-state index contributed by atoms with van der Waals surface area (Å²) in [7, 11) is 1.63. The minimum absolute atomic E-state index is 0.503. The van der Waals surface area contributed by atoms with E-state index >= 15 is 0 Å². The molecule has 16 heavy (non-hydrogen) atoms. The summed E-state index contributed by atoms with van der Waals surface area (Å²) < 4.78 is 0.986. The second kappa shape index (κ2) is 7.90. The SMILES string of the molecule is CN=C(NC#N)NCCCSc1nncs1. The van der Waals surface area contributed by atoms with Crippen LogP contribution in [0.25, 0.3) is 0 Å². The highest BCUT2D eigenvalue weighted by Gasteiger charge is 1.98. The van der Waals surface area contributed by atoms with Gasteiger partial charge >= 0.3 is 0 Å². The van der Waals surface area contributed by atoms with Gasteiger partial charge in [-0.1, -0.05) is 23.1 Å². The number of nitrogens with one attached hydrogen (secondary N) is 2. The first-order valence-corrected chi connectivity index (χ1v) is 6.48. The summed E-state index contributed by atoms with van der Waals surface area (Å²) in [6, 6.07) is 0. The maximum absolute atomic E-state index is 8.40. The Morgan fingerprint density at radius 2 is 2.62 bits per heavy atom. The first-order chi connectivity index (χ1) is 7.86. The van der Waals surface area contributed by atoms with Gasteiger partial charge in [0, 0.05) is 19.3 Å². The van der Waals surface area contributed by atoms with Crippen molar-refractivity contribution in [1.29, 1.82) is 5.26 Å². The monoisotopic (exact) mass is 256 g/mol. The van der Waals surface area contributed by atoms with Crippen molar-refractivity contribution in [1.82, 2.24) is 20.8 Å². The second-order valence-corrected chi connectivity index (χ2v) is 4.82. The van der Waals surface area contributed by atoms with E-state index in [4.69, 9.17) is 5.26 Å². The van der Waals surface area contributed by atoms with Crippen LogP contribution in [0.2, 0.25) is 0 Å². The van der Waals surface area contributed by atoms with Gasteiger partial charge in [-0.25, -0.2) is 0 Å². The third-order valence-electron chi connectivity index (χ3n) is 1.58. The molecule has 0 fully saturated rings. The normalized spacial score (nSPS) is 10.9. The van der Waals surface area contributed by atoms with Gasteiger partial charge in [-0.3, -0.25) is 10.3 Å². The Balaban J connectivity index is 2.06. The molecule has 0 aromatic carbocycles. The van der Waals surface area contributed by atoms with Crippen LogP contribution < -0.4 is 10.6 Å². The average Bonchev–Trinajstić information content (AvgIpc) is 2.80. The number of nitrogens with zero attached hydrogens (tertiary/aromatic N) is 4. The molecule has 1 rings (SSSR count). The van der Waals surface area contributed by atoms with Crippen molar-refractivity contribution in [2.24, 2.45) is 4.99 Å². The van der Waals surface area contributed by atoms with Gasteiger partial charge in [-0.05, 0) is 6.42 Å². The zero-order valence-electron chi connectivity index (χ0n) is 8.80. The zero-order valence-corrected chi connectivity index (χ0v) is 10.4. The molecule has 0 radical (unpaired) electrons. The highest BCUT2D eigenvalue weighted by Crippen LogP contribution is 2.18. The predicted octanol–water partition coefficient (Wildman–Crippen LogP) is 0.666. The molecular formula is C8H12N6S2. The number of hydrogen-bond donors (Lipinski definition) is 2. The van der Waals surface area contributed by atoms with E-state index < -0.39 is 0 Å². The molecule has 0 atom stereocenters. The predicted molar refractivity (Wildman–Crippen MR) is 65.4 cm³/mol. The fourth-order valence-corrected chi connectivity index (χ4v) is 2.39. The Morgan fingerprint density at radius 1 is 1.75 bits per heavy atom. The Hall–Kier alpha value is -1.33. The molecule has 8 heteroatoms. The summed E-state index contributed by atoms with van der Waals surface area (Å²) in [4.78, 5) is 3.87. The van der Waals surface area contributed by atoms with Crippen molar-refractivity contribution in [2.75, 3.05) is 19.3 Å². The molecule has 0 aliphatic rings. The van der Waals surface area contributed by atoms with Crippen LogP contribution in [0.15, 0.2) is 14.8 Å². The zero-order chi connectivity index (χ0) is 11.6. The summed E-state index contributed by atoms with van der Waals surface area (Å²) in [6.07, 6.45) is 2.79. The van der Waals surface area contributed by atoms with E-state index in [1.807, 2.05) is 6.19 Å². The lowest BCUT2D eigenvalue weighted by Gasteiger charge is -2.05. The van der Waals surface area contributed by atoms with Crippen LogP contribution in [0.5, 0.6) is 0 Å². The third kappa shape index (κ3) is 4.95. The molecule has 0 aliphatic carbocycles. The van der Waals surface area contributed by atoms with Crippen molar-refractivity contribution in [3.63, 3.8) is 0 Å². The summed E-state index contributed by atoms with van der Waals surface area (Å²) in [5, 5.41) is 21.6. The second-order valence-electron chi connectivity index (χ2n) is 2.64. The topological polar surface area (TPSA) is 86.0 Å². The molecule has 6 nitrogen and oxygen atoms in total. The Morgan fingerprint density at radius 3 is 3.25 bits per heavy atom. The number of guanidine groups is 1. The van der Waals surface area contributed by atoms with Crippen LogP contribution >= 0.6 is 23.1 Å². The van der Waals surface area contributed by atoms with Gasteiger partial charge in [0.15, 0.2) is 10.5 Å². The molecule has 0 saturated carbocycles. The van der Waals surface area contributed by atoms with Crippen molar-refractivity contribution in [3.8, 4) is 6.19 Å². The van der Waals surface area contributed by atoms with Crippen molar-refractivity contribution < 1.29 is 0 Å². The lowest BCUT2D eigenvalue weighted by molar-refractivity contribution is 0.826. The smallest absolute Gasteiger partial charge is 0.204 e. The van der Waals surface area contributed by atoms with E-state index in [0.717, 1.165) is 23.1 Å². The van der Waals surface area contributed by atoms with Gasteiger partial charge in [0.2, 0.25) is 5.96 Å². The Bertz CT molecular complexity index is 355. The molecule has 0 spiro atoms. The van der Waals surface area contributed by atoms with Crippen LogP contribution in [0.4, 0.5) is 0 Å². The molecule has 1 aromatic rings. The summed E-state index contributed by atoms with van der Waals surface area (Å²) in [5.41, 5.74) is 1.72. The molecule has 0 bridgehead atoms. The highest BCUT2D eigenvalue weighted by atomic mass is 32.2. The third-order valence-corrected chi connectivity index (χ3v) is 3.52. The van der Waals surface area contributed by atoms with Gasteiger partial charge in [0.1, 0.15) is 5.51 Å². The van der Waals surface area contributed by atoms with Gasteiger partial charge in [0.05, 0.1) is 0 Å². The van der Waals surface area contributed by atoms with Crippen molar-refractivity contribution in [3.05, 3.63) is 5.51 Å². The molecule has 2 N–H and O–H groups in total. The maximum atomic E-state index is 8.40. The van der Waals surface area contributed by atoms with E-state index in [1.165, 1.54) is 0 Å². The Labute approximate surface area is 102 Å². The minimum Gasteiger partial charge on any atom is -0.356 e. The van der Waals surface area contributed by atoms with Crippen LogP contribution in [0.3, 0.4) is 0 Å². The molecule has 1 heterocycles. The van der Waals surface area contributed by atoms with E-state index in [9.17, 15) is 0 Å². The first-order valence-electron chi connectivity index (χ1n) is 4.61. The fourth-order valence-electron chi connectivity index (χ4n) is 0.896. The van der Waals surface area contributed by atoms with Crippen molar-refractivity contribution in [2.45, 2.75) is 10.8 Å². The van der Waals surface area contributed by atoms with Crippen LogP contribution in [0.1, 0.15) is 6.42 Å². The maximum Gasteiger partial charge on any atom is 0.204 e. The van der Waals surface area contributed by atoms with E-state index in [1.54, 1.807) is 35.7 Å². The molecule has 1 aromatic heterocycles. The molecule has 0 amide bonds. The first kappa shape index (κ1) is 12.7. The Kier molecular flexibility index (Phi) is 6.29. The fraction of sp³-hybridized carbons (Fsp3) is 0.500. The van der Waals surface area contributed by atoms with Gasteiger partial charge in [0.25, 0.3) is 0 Å². The van der Waals surface area contributed by atoms with E-state index in [0.29, 0.717) is 5.96 Å². The average molecular weight is 256 g/mol. The van der Waals surface area contributed by atoms with Gasteiger partial charge < -0.3 is 5.32 Å². The standard InChI is InChI=1S/C8H12N6S2/c1-10-7(12-5-9)11-3-2-4-15-8-14-13-6-16-8/h6H,2-4H2,1H3,(H2,10,11,12). The highest BCUT2D eigenvalue weighted by molar-refractivity contribution is 8.00. The number of nitriles is 1. The van der Waals surface area contributed by atoms with Crippen LogP contribution in [0, 0.1) is 11.5 Å². The van der Waals surface area contributed by atoms with Gasteiger partial charge in [-0.2, -0.15) is 5.26 Å². The molecule has 0 aliphatic heterocycles. The van der Waals surface area contributed by atoms with E-state index in [-0.39, 0.29) is 0 Å². The molecular weight excluding hydrogens is 244 g/mol. The molecule has 0 saturated heterocycles. The lowest BCUT2D eigenvalue weighted by Crippen LogP contribution is -2.35. The summed E-state index contributed by atoms with van der Waals surface area (Å²) >= 11 is 3.22. The van der Waals surface area contributed by atoms with Crippen molar-refractivity contribution >= 4 is 29.1 Å². The van der Waals surface area contributed by atoms with Crippen LogP contribution in [-0.2, 0) is 0 Å². The minimum atomic E-state index is 0.503.